The molecular formula is C22H22N4O3. The average molecular weight is 390 g/mol. The van der Waals surface area contributed by atoms with Crippen LogP contribution in [0.3, 0.4) is 0 Å². The van der Waals surface area contributed by atoms with Gasteiger partial charge in [0.25, 0.3) is 5.91 Å². The van der Waals surface area contributed by atoms with E-state index >= 15 is 0 Å². The van der Waals surface area contributed by atoms with Crippen LogP contribution in [-0.2, 0) is 4.74 Å². The average Bonchev–Trinajstić information content (AvgIpc) is 2.68. The van der Waals surface area contributed by atoms with Crippen molar-refractivity contribution in [2.24, 2.45) is 0 Å². The predicted molar refractivity (Wildman–Crippen MR) is 112 cm³/mol. The Kier molecular flexibility index (Phi) is 6.19. The Balaban J connectivity index is 1.70. The highest BCUT2D eigenvalue weighted by Crippen LogP contribution is 2.19. The van der Waals surface area contributed by atoms with Crippen molar-refractivity contribution in [3.05, 3.63) is 77.2 Å². The third kappa shape index (κ3) is 5.38. The van der Waals surface area contributed by atoms with Gasteiger partial charge in [-0.25, -0.2) is 14.8 Å². The molecule has 7 heteroatoms. The van der Waals surface area contributed by atoms with Gasteiger partial charge < -0.3 is 15.4 Å². The number of ether oxygens (including phenoxy) is 1. The first-order valence-electron chi connectivity index (χ1n) is 9.20. The minimum Gasteiger partial charge on any atom is -0.462 e. The molecule has 29 heavy (non-hydrogen) atoms. The highest BCUT2D eigenvalue weighted by Gasteiger charge is 2.11. The maximum absolute atomic E-state index is 12.5. The molecule has 0 aliphatic carbocycles. The second-order valence-corrected chi connectivity index (χ2v) is 6.54. The molecule has 2 N–H and O–H groups in total. The quantitative estimate of drug-likeness (QED) is 0.611. The molecule has 1 aromatic heterocycles. The Morgan fingerprint density at radius 1 is 0.931 bits per heavy atom. The van der Waals surface area contributed by atoms with E-state index in [1.807, 2.05) is 26.0 Å². The molecular weight excluding hydrogens is 368 g/mol. The fourth-order valence-electron chi connectivity index (χ4n) is 2.84. The Bertz CT molecular complexity index is 1010. The van der Waals surface area contributed by atoms with Crippen LogP contribution in [0.5, 0.6) is 0 Å². The number of anilines is 3. The molecule has 148 valence electrons. The minimum atomic E-state index is -0.400. The van der Waals surface area contributed by atoms with E-state index in [0.717, 1.165) is 16.8 Å². The summed E-state index contributed by atoms with van der Waals surface area (Å²) in [6.45, 7) is 6.09. The van der Waals surface area contributed by atoms with Gasteiger partial charge in [0.15, 0.2) is 0 Å². The minimum absolute atomic E-state index is 0.223. The molecule has 0 unspecified atom stereocenters. The molecule has 1 heterocycles. The summed E-state index contributed by atoms with van der Waals surface area (Å²) in [5.41, 5.74) is 4.34. The van der Waals surface area contributed by atoms with E-state index in [4.69, 9.17) is 4.74 Å². The summed E-state index contributed by atoms with van der Waals surface area (Å²) >= 11 is 0. The summed E-state index contributed by atoms with van der Waals surface area (Å²) in [4.78, 5) is 32.4. The summed E-state index contributed by atoms with van der Waals surface area (Å²) < 4.78 is 4.94. The zero-order chi connectivity index (χ0) is 20.8. The van der Waals surface area contributed by atoms with Crippen molar-refractivity contribution in [3.63, 3.8) is 0 Å². The van der Waals surface area contributed by atoms with E-state index in [1.165, 1.54) is 6.33 Å². The highest BCUT2D eigenvalue weighted by atomic mass is 16.5. The largest absolute Gasteiger partial charge is 0.462 e. The van der Waals surface area contributed by atoms with Gasteiger partial charge in [-0.3, -0.25) is 4.79 Å². The van der Waals surface area contributed by atoms with Crippen molar-refractivity contribution in [1.82, 2.24) is 9.97 Å². The Morgan fingerprint density at radius 2 is 1.62 bits per heavy atom. The normalized spacial score (nSPS) is 10.3. The fraction of sp³-hybridized carbons (Fsp3) is 0.182. The number of esters is 1. The first-order valence-corrected chi connectivity index (χ1v) is 9.20. The summed E-state index contributed by atoms with van der Waals surface area (Å²) in [6, 6.07) is 14.1. The van der Waals surface area contributed by atoms with Gasteiger partial charge in [-0.1, -0.05) is 6.07 Å². The number of nitrogens with one attached hydrogen (secondary N) is 2. The molecule has 0 aliphatic rings. The molecule has 2 aromatic carbocycles. The van der Waals surface area contributed by atoms with Crippen LogP contribution in [0.1, 0.15) is 38.9 Å². The van der Waals surface area contributed by atoms with Crippen LogP contribution in [0.4, 0.5) is 17.2 Å². The smallest absolute Gasteiger partial charge is 0.338 e. The number of rotatable bonds is 6. The second kappa shape index (κ2) is 8.97. The number of carbonyl (C=O) groups is 2. The van der Waals surface area contributed by atoms with Gasteiger partial charge >= 0.3 is 5.97 Å². The molecule has 0 bridgehead atoms. The number of benzene rings is 2. The molecule has 0 fully saturated rings. The summed E-state index contributed by atoms with van der Waals surface area (Å²) in [5, 5.41) is 5.95. The van der Waals surface area contributed by atoms with Crippen LogP contribution in [0.2, 0.25) is 0 Å². The van der Waals surface area contributed by atoms with E-state index in [0.29, 0.717) is 23.7 Å². The maximum Gasteiger partial charge on any atom is 0.338 e. The summed E-state index contributed by atoms with van der Waals surface area (Å²) in [6.07, 6.45) is 1.34. The van der Waals surface area contributed by atoms with Crippen LogP contribution in [0.15, 0.2) is 54.9 Å². The third-order valence-corrected chi connectivity index (χ3v) is 4.05. The topological polar surface area (TPSA) is 93.2 Å². The number of hydrogen-bond donors (Lipinski definition) is 2. The van der Waals surface area contributed by atoms with Gasteiger partial charge in [-0.2, -0.15) is 0 Å². The van der Waals surface area contributed by atoms with Gasteiger partial charge in [-0.05, 0) is 68.3 Å². The maximum atomic E-state index is 12.5. The standard InChI is InChI=1S/C22H22N4O3/c1-4-29-22(28)16-5-7-17(8-6-16)26-21(27)19-12-20(24-13-23-19)25-18-10-14(2)9-15(3)11-18/h5-13H,4H2,1-3H3,(H,26,27)(H,23,24,25). The summed E-state index contributed by atoms with van der Waals surface area (Å²) in [7, 11) is 0. The first kappa shape index (κ1) is 20.0. The molecule has 0 saturated heterocycles. The van der Waals surface area contributed by atoms with Gasteiger partial charge in [0.2, 0.25) is 0 Å². The molecule has 3 rings (SSSR count). The predicted octanol–water partition coefficient (Wildman–Crippen LogP) is 4.27. The SMILES string of the molecule is CCOC(=O)c1ccc(NC(=O)c2cc(Nc3cc(C)cc(C)c3)ncn2)cc1. The van der Waals surface area contributed by atoms with Gasteiger partial charge in [-0.15, -0.1) is 0 Å². The van der Waals surface area contributed by atoms with Crippen LogP contribution in [0, 0.1) is 13.8 Å². The van der Waals surface area contributed by atoms with Crippen molar-refractivity contribution in [2.75, 3.05) is 17.2 Å². The second-order valence-electron chi connectivity index (χ2n) is 6.54. The molecule has 0 atom stereocenters. The number of carbonyl (C=O) groups excluding carboxylic acids is 2. The number of aromatic nitrogens is 2. The molecule has 0 aliphatic heterocycles. The highest BCUT2D eigenvalue weighted by molar-refractivity contribution is 6.03. The molecule has 0 radical (unpaired) electrons. The van der Waals surface area contributed by atoms with Crippen molar-refractivity contribution in [2.45, 2.75) is 20.8 Å². The zero-order valence-electron chi connectivity index (χ0n) is 16.5. The molecule has 3 aromatic rings. The van der Waals surface area contributed by atoms with Gasteiger partial charge in [0, 0.05) is 17.4 Å². The molecule has 1 amide bonds. The zero-order valence-corrected chi connectivity index (χ0v) is 16.5. The van der Waals surface area contributed by atoms with Crippen LogP contribution >= 0.6 is 0 Å². The fourth-order valence-corrected chi connectivity index (χ4v) is 2.84. The molecule has 0 saturated carbocycles. The van der Waals surface area contributed by atoms with E-state index < -0.39 is 5.97 Å². The summed E-state index contributed by atoms with van der Waals surface area (Å²) in [5.74, 6) is -0.254. The number of hydrogen-bond acceptors (Lipinski definition) is 6. The first-order chi connectivity index (χ1) is 13.9. The number of nitrogens with zero attached hydrogens (tertiary/aromatic N) is 2. The van der Waals surface area contributed by atoms with Crippen molar-refractivity contribution in [3.8, 4) is 0 Å². The van der Waals surface area contributed by atoms with Crippen LogP contribution in [-0.4, -0.2) is 28.5 Å². The van der Waals surface area contributed by atoms with Gasteiger partial charge in [0.1, 0.15) is 17.8 Å². The van der Waals surface area contributed by atoms with E-state index in [1.54, 1.807) is 37.3 Å². The van der Waals surface area contributed by atoms with E-state index in [2.05, 4.69) is 26.7 Å². The van der Waals surface area contributed by atoms with Crippen molar-refractivity contribution >= 4 is 29.1 Å². The molecule has 7 nitrogen and oxygen atoms in total. The third-order valence-electron chi connectivity index (χ3n) is 4.05. The number of amides is 1. The van der Waals surface area contributed by atoms with Crippen LogP contribution < -0.4 is 10.6 Å². The van der Waals surface area contributed by atoms with Crippen molar-refractivity contribution in [1.29, 1.82) is 0 Å². The Hall–Kier alpha value is -3.74. The lowest BCUT2D eigenvalue weighted by atomic mass is 10.1. The van der Waals surface area contributed by atoms with E-state index in [9.17, 15) is 9.59 Å². The monoisotopic (exact) mass is 390 g/mol. The Labute approximate surface area is 169 Å². The molecule has 0 spiro atoms. The van der Waals surface area contributed by atoms with Crippen LogP contribution in [0.25, 0.3) is 0 Å². The van der Waals surface area contributed by atoms with Crippen molar-refractivity contribution < 1.29 is 14.3 Å². The lowest BCUT2D eigenvalue weighted by Crippen LogP contribution is -2.14. The number of aryl methyl sites for hydroxylation is 2. The van der Waals surface area contributed by atoms with Gasteiger partial charge in [0.05, 0.1) is 12.2 Å². The van der Waals surface area contributed by atoms with E-state index in [-0.39, 0.29) is 11.6 Å². The lowest BCUT2D eigenvalue weighted by molar-refractivity contribution is 0.0526. The lowest BCUT2D eigenvalue weighted by Gasteiger charge is -2.09. The Morgan fingerprint density at radius 3 is 2.28 bits per heavy atom.